The second-order valence-corrected chi connectivity index (χ2v) is 7.02. The summed E-state index contributed by atoms with van der Waals surface area (Å²) in [5, 5.41) is 4.32. The van der Waals surface area contributed by atoms with Crippen LogP contribution in [0.3, 0.4) is 0 Å². The average Bonchev–Trinajstić information content (AvgIpc) is 2.77. The number of hydrogen-bond acceptors (Lipinski definition) is 6. The van der Waals surface area contributed by atoms with Crippen LogP contribution in [0.4, 0.5) is 11.5 Å². The highest BCUT2D eigenvalue weighted by Gasteiger charge is 2.16. The minimum atomic E-state index is -0.145. The molecule has 0 spiro atoms. The lowest BCUT2D eigenvalue weighted by Gasteiger charge is -2.17. The van der Waals surface area contributed by atoms with Crippen molar-refractivity contribution in [2.24, 2.45) is 0 Å². The largest absolute Gasteiger partial charge is 0.340 e. The van der Waals surface area contributed by atoms with Gasteiger partial charge < -0.3 is 10.2 Å². The molecule has 1 aromatic carbocycles. The molecule has 0 saturated heterocycles. The van der Waals surface area contributed by atoms with E-state index in [9.17, 15) is 4.79 Å². The molecular formula is C23H22N6O. The molecule has 0 atom stereocenters. The minimum Gasteiger partial charge on any atom is -0.340 e. The van der Waals surface area contributed by atoms with E-state index in [4.69, 9.17) is 0 Å². The molecule has 0 aliphatic carbocycles. The monoisotopic (exact) mass is 398 g/mol. The molecule has 7 heteroatoms. The number of nitrogens with zero attached hydrogens (tertiary/aromatic N) is 5. The molecule has 0 fully saturated rings. The number of rotatable bonds is 6. The maximum Gasteiger partial charge on any atom is 0.272 e. The van der Waals surface area contributed by atoms with Crippen LogP contribution in [-0.2, 0) is 6.42 Å². The Morgan fingerprint density at radius 2 is 1.83 bits per heavy atom. The van der Waals surface area contributed by atoms with E-state index in [0.717, 1.165) is 28.6 Å². The third-order valence-electron chi connectivity index (χ3n) is 4.78. The molecule has 150 valence electrons. The predicted molar refractivity (Wildman–Crippen MR) is 117 cm³/mol. The number of fused-ring (bicyclic) bond motifs is 1. The van der Waals surface area contributed by atoms with Crippen molar-refractivity contribution in [2.45, 2.75) is 13.3 Å². The van der Waals surface area contributed by atoms with Gasteiger partial charge in [-0.3, -0.25) is 14.8 Å². The van der Waals surface area contributed by atoms with E-state index in [0.29, 0.717) is 23.9 Å². The highest BCUT2D eigenvalue weighted by atomic mass is 16.2. The average molecular weight is 398 g/mol. The van der Waals surface area contributed by atoms with E-state index in [1.807, 2.05) is 42.5 Å². The van der Waals surface area contributed by atoms with Crippen LogP contribution in [-0.4, -0.2) is 44.3 Å². The number of anilines is 2. The summed E-state index contributed by atoms with van der Waals surface area (Å²) in [5.74, 6) is 0.944. The lowest BCUT2D eigenvalue weighted by atomic mass is 10.2. The molecule has 4 rings (SSSR count). The minimum absolute atomic E-state index is 0.145. The first kappa shape index (κ1) is 19.4. The Morgan fingerprint density at radius 3 is 2.67 bits per heavy atom. The van der Waals surface area contributed by atoms with Gasteiger partial charge in [0.15, 0.2) is 0 Å². The summed E-state index contributed by atoms with van der Waals surface area (Å²) in [6, 6.07) is 15.4. The number of nitrogens with one attached hydrogen (secondary N) is 1. The van der Waals surface area contributed by atoms with E-state index in [-0.39, 0.29) is 5.91 Å². The van der Waals surface area contributed by atoms with Gasteiger partial charge in [0.2, 0.25) is 0 Å². The van der Waals surface area contributed by atoms with Crippen LogP contribution in [0.2, 0.25) is 0 Å². The van der Waals surface area contributed by atoms with Gasteiger partial charge in [0, 0.05) is 43.6 Å². The van der Waals surface area contributed by atoms with Gasteiger partial charge in [-0.2, -0.15) is 0 Å². The van der Waals surface area contributed by atoms with Crippen LogP contribution in [0.1, 0.15) is 21.9 Å². The molecule has 4 aromatic rings. The van der Waals surface area contributed by atoms with Crippen molar-refractivity contribution in [3.8, 4) is 0 Å². The summed E-state index contributed by atoms with van der Waals surface area (Å²) in [6.45, 7) is 2.36. The molecule has 0 radical (unpaired) electrons. The van der Waals surface area contributed by atoms with Gasteiger partial charge in [0.1, 0.15) is 17.3 Å². The van der Waals surface area contributed by atoms with Crippen LogP contribution in [0.5, 0.6) is 0 Å². The second kappa shape index (κ2) is 8.65. The summed E-state index contributed by atoms with van der Waals surface area (Å²) in [7, 11) is 1.78. The number of likely N-dealkylation sites (N-methyl/N-ethyl adjacent to an activating group) is 1. The van der Waals surface area contributed by atoms with Crippen LogP contribution >= 0.6 is 0 Å². The summed E-state index contributed by atoms with van der Waals surface area (Å²) in [4.78, 5) is 31.9. The normalized spacial score (nSPS) is 10.7. The van der Waals surface area contributed by atoms with Crippen molar-refractivity contribution >= 4 is 28.3 Å². The number of para-hydroxylation sites is 1. The number of aryl methyl sites for hydroxylation is 1. The van der Waals surface area contributed by atoms with E-state index in [1.165, 1.54) is 0 Å². The Labute approximate surface area is 174 Å². The van der Waals surface area contributed by atoms with Gasteiger partial charge in [0.05, 0.1) is 11.2 Å². The van der Waals surface area contributed by atoms with E-state index < -0.39 is 0 Å². The summed E-state index contributed by atoms with van der Waals surface area (Å²) in [6.07, 6.45) is 6.02. The maximum absolute atomic E-state index is 12.9. The Bertz CT molecular complexity index is 1170. The molecule has 0 aliphatic rings. The molecule has 30 heavy (non-hydrogen) atoms. The van der Waals surface area contributed by atoms with Crippen molar-refractivity contribution in [1.82, 2.24) is 24.8 Å². The number of hydrogen-bond donors (Lipinski definition) is 1. The summed E-state index contributed by atoms with van der Waals surface area (Å²) in [5.41, 5.74) is 3.17. The first-order valence-corrected chi connectivity index (χ1v) is 9.71. The van der Waals surface area contributed by atoms with Crippen LogP contribution < -0.4 is 5.32 Å². The van der Waals surface area contributed by atoms with E-state index in [1.54, 1.807) is 43.5 Å². The standard InChI is InChI=1S/C23H22N6O/c1-16-26-20(23(30)29(2)14-10-17-8-12-24-13-9-17)15-21(27-16)28-19-7-3-5-18-6-4-11-25-22(18)19/h3-9,11-13,15H,10,14H2,1-2H3,(H,26,27,28). The second-order valence-electron chi connectivity index (χ2n) is 7.02. The molecule has 0 saturated carbocycles. The fraction of sp³-hybridized carbons (Fsp3) is 0.174. The van der Waals surface area contributed by atoms with E-state index in [2.05, 4.69) is 25.3 Å². The lowest BCUT2D eigenvalue weighted by Crippen LogP contribution is -2.30. The van der Waals surface area contributed by atoms with Crippen LogP contribution in [0, 0.1) is 6.92 Å². The Morgan fingerprint density at radius 1 is 1.03 bits per heavy atom. The molecule has 3 aromatic heterocycles. The molecule has 1 amide bonds. The number of amides is 1. The van der Waals surface area contributed by atoms with Gasteiger partial charge in [-0.15, -0.1) is 0 Å². The molecule has 0 bridgehead atoms. The zero-order valence-corrected chi connectivity index (χ0v) is 16.9. The fourth-order valence-electron chi connectivity index (χ4n) is 3.23. The smallest absolute Gasteiger partial charge is 0.272 e. The zero-order chi connectivity index (χ0) is 20.9. The third-order valence-corrected chi connectivity index (χ3v) is 4.78. The molecule has 0 unspecified atom stereocenters. The van der Waals surface area contributed by atoms with Crippen molar-refractivity contribution in [3.05, 3.63) is 84.2 Å². The number of carbonyl (C=O) groups is 1. The fourth-order valence-corrected chi connectivity index (χ4v) is 3.23. The highest BCUT2D eigenvalue weighted by Crippen LogP contribution is 2.24. The van der Waals surface area contributed by atoms with Gasteiger partial charge in [-0.1, -0.05) is 18.2 Å². The molecule has 1 N–H and O–H groups in total. The molecule has 3 heterocycles. The zero-order valence-electron chi connectivity index (χ0n) is 16.9. The SMILES string of the molecule is Cc1nc(Nc2cccc3cccnc23)cc(C(=O)N(C)CCc2ccncc2)n1. The van der Waals surface area contributed by atoms with Crippen molar-refractivity contribution in [3.63, 3.8) is 0 Å². The summed E-state index contributed by atoms with van der Waals surface area (Å²) >= 11 is 0. The van der Waals surface area contributed by atoms with Crippen LogP contribution in [0.15, 0.2) is 67.1 Å². The van der Waals surface area contributed by atoms with E-state index >= 15 is 0 Å². The van der Waals surface area contributed by atoms with Gasteiger partial charge >= 0.3 is 0 Å². The van der Waals surface area contributed by atoms with Crippen LogP contribution in [0.25, 0.3) is 10.9 Å². The highest BCUT2D eigenvalue weighted by molar-refractivity contribution is 5.94. The number of pyridine rings is 2. The Kier molecular flexibility index (Phi) is 5.61. The van der Waals surface area contributed by atoms with Crippen molar-refractivity contribution in [1.29, 1.82) is 0 Å². The summed E-state index contributed by atoms with van der Waals surface area (Å²) < 4.78 is 0. The predicted octanol–water partition coefficient (Wildman–Crippen LogP) is 3.79. The Balaban J connectivity index is 1.53. The molecule has 0 aliphatic heterocycles. The van der Waals surface area contributed by atoms with Gasteiger partial charge in [-0.05, 0) is 43.2 Å². The van der Waals surface area contributed by atoms with Crippen molar-refractivity contribution < 1.29 is 4.79 Å². The molecular weight excluding hydrogens is 376 g/mol. The number of carbonyl (C=O) groups excluding carboxylic acids is 1. The Hall–Kier alpha value is -3.87. The van der Waals surface area contributed by atoms with Crippen molar-refractivity contribution in [2.75, 3.05) is 18.9 Å². The maximum atomic E-state index is 12.9. The van der Waals surface area contributed by atoms with Gasteiger partial charge in [-0.25, -0.2) is 9.97 Å². The molecule has 7 nitrogen and oxygen atoms in total. The third kappa shape index (κ3) is 4.41. The quantitative estimate of drug-likeness (QED) is 0.532. The topological polar surface area (TPSA) is 83.9 Å². The van der Waals surface area contributed by atoms with Gasteiger partial charge in [0.25, 0.3) is 5.91 Å². The first-order chi connectivity index (χ1) is 14.6. The number of benzene rings is 1. The number of aromatic nitrogens is 4. The lowest BCUT2D eigenvalue weighted by molar-refractivity contribution is 0.0790. The first-order valence-electron chi connectivity index (χ1n) is 9.71.